The molecule has 0 atom stereocenters. The number of amides is 1. The van der Waals surface area contributed by atoms with Gasteiger partial charge in [-0.25, -0.2) is 0 Å². The monoisotopic (exact) mass is 483 g/mol. The minimum atomic E-state index is 0.0628. The van der Waals surface area contributed by atoms with Crippen molar-refractivity contribution in [1.29, 1.82) is 0 Å². The Hall–Kier alpha value is -3.41. The molecule has 4 aromatic rings. The number of nitrogens with zero attached hydrogens (tertiary/aromatic N) is 5. The lowest BCUT2D eigenvalue weighted by Crippen LogP contribution is -2.26. The molecule has 36 heavy (non-hydrogen) atoms. The van der Waals surface area contributed by atoms with Gasteiger partial charge in [-0.1, -0.05) is 40.7 Å². The third-order valence-electron chi connectivity index (χ3n) is 7.34. The number of rotatable bonds is 6. The fraction of sp³-hybridized carbons (Fsp3) is 0.433. The van der Waals surface area contributed by atoms with Crippen molar-refractivity contribution in [3.8, 4) is 11.1 Å². The molecule has 0 saturated heterocycles. The molecule has 0 radical (unpaired) electrons. The summed E-state index contributed by atoms with van der Waals surface area (Å²) in [6, 6.07) is 10.8. The number of benzene rings is 1. The minimum Gasteiger partial charge on any atom is -0.344 e. The van der Waals surface area contributed by atoms with Gasteiger partial charge in [-0.15, -0.1) is 0 Å². The second-order valence-electron chi connectivity index (χ2n) is 10.9. The summed E-state index contributed by atoms with van der Waals surface area (Å²) in [6.45, 7) is 15.4. The van der Waals surface area contributed by atoms with Gasteiger partial charge in [0.2, 0.25) is 0 Å². The second-order valence-corrected chi connectivity index (χ2v) is 10.9. The van der Waals surface area contributed by atoms with Crippen LogP contribution in [0.25, 0.3) is 22.0 Å². The van der Waals surface area contributed by atoms with Crippen molar-refractivity contribution in [3.05, 3.63) is 70.4 Å². The van der Waals surface area contributed by atoms with E-state index in [-0.39, 0.29) is 5.91 Å². The molecule has 1 aliphatic rings. The molecular weight excluding hydrogens is 446 g/mol. The van der Waals surface area contributed by atoms with E-state index in [0.717, 1.165) is 57.7 Å². The zero-order valence-corrected chi connectivity index (χ0v) is 22.6. The van der Waals surface area contributed by atoms with Crippen LogP contribution in [0, 0.1) is 12.8 Å². The third-order valence-corrected chi connectivity index (χ3v) is 7.34. The van der Waals surface area contributed by atoms with Crippen LogP contribution in [0.1, 0.15) is 79.2 Å². The fourth-order valence-corrected chi connectivity index (χ4v) is 5.51. The molecule has 0 aliphatic carbocycles. The Balaban J connectivity index is 1.70. The Bertz CT molecular complexity index is 1460. The van der Waals surface area contributed by atoms with Gasteiger partial charge in [-0.2, -0.15) is 5.10 Å². The lowest BCUT2D eigenvalue weighted by Gasteiger charge is -2.20. The van der Waals surface area contributed by atoms with Gasteiger partial charge < -0.3 is 9.47 Å². The summed E-state index contributed by atoms with van der Waals surface area (Å²) in [4.78, 5) is 20.6. The van der Waals surface area contributed by atoms with Crippen LogP contribution < -0.4 is 0 Å². The van der Waals surface area contributed by atoms with Crippen LogP contribution in [-0.4, -0.2) is 30.1 Å². The van der Waals surface area contributed by atoms with E-state index in [4.69, 9.17) is 4.98 Å². The van der Waals surface area contributed by atoms with E-state index in [0.29, 0.717) is 24.9 Å². The van der Waals surface area contributed by atoms with Crippen LogP contribution in [0.3, 0.4) is 0 Å². The Kier molecular flexibility index (Phi) is 6.23. The highest BCUT2D eigenvalue weighted by atomic mass is 16.2. The van der Waals surface area contributed by atoms with Gasteiger partial charge in [0.15, 0.2) is 0 Å². The zero-order valence-electron chi connectivity index (χ0n) is 22.6. The predicted molar refractivity (Wildman–Crippen MR) is 145 cm³/mol. The summed E-state index contributed by atoms with van der Waals surface area (Å²) < 4.78 is 4.35. The summed E-state index contributed by atoms with van der Waals surface area (Å²) in [5, 5.41) is 5.47. The number of carbonyl (C=O) groups is 1. The highest BCUT2D eigenvalue weighted by Crippen LogP contribution is 2.37. The summed E-state index contributed by atoms with van der Waals surface area (Å²) in [5.41, 5.74) is 9.76. The number of hydrogen-bond acceptors (Lipinski definition) is 3. The lowest BCUT2D eigenvalue weighted by atomic mass is 9.97. The molecule has 0 spiro atoms. The third kappa shape index (κ3) is 4.12. The maximum atomic E-state index is 13.8. The highest BCUT2D eigenvalue weighted by molar-refractivity contribution is 6.04. The maximum absolute atomic E-state index is 13.8. The molecule has 0 saturated carbocycles. The lowest BCUT2D eigenvalue weighted by molar-refractivity contribution is 0.0748. The topological polar surface area (TPSA) is 56.0 Å². The van der Waals surface area contributed by atoms with E-state index in [1.54, 1.807) is 0 Å². The van der Waals surface area contributed by atoms with E-state index in [1.165, 1.54) is 11.2 Å². The number of carbonyl (C=O) groups excluding carboxylic acids is 1. The van der Waals surface area contributed by atoms with Gasteiger partial charge in [-0.3, -0.25) is 14.5 Å². The molecule has 1 amide bonds. The Morgan fingerprint density at radius 1 is 1.06 bits per heavy atom. The van der Waals surface area contributed by atoms with Gasteiger partial charge in [0.1, 0.15) is 0 Å². The van der Waals surface area contributed by atoms with Gasteiger partial charge >= 0.3 is 0 Å². The first kappa shape index (κ1) is 24.3. The molecule has 0 fully saturated rings. The number of pyridine rings is 1. The van der Waals surface area contributed by atoms with Crippen molar-refractivity contribution in [1.82, 2.24) is 24.2 Å². The van der Waals surface area contributed by atoms with Crippen LogP contribution in [-0.2, 0) is 33.1 Å². The Morgan fingerprint density at radius 2 is 1.83 bits per heavy atom. The second kappa shape index (κ2) is 9.23. The van der Waals surface area contributed by atoms with E-state index in [1.807, 2.05) is 22.8 Å². The molecule has 0 unspecified atom stereocenters. The van der Waals surface area contributed by atoms with Crippen LogP contribution in [0.2, 0.25) is 0 Å². The molecule has 5 rings (SSSR count). The zero-order chi connectivity index (χ0) is 25.7. The average molecular weight is 484 g/mol. The maximum Gasteiger partial charge on any atom is 0.254 e. The van der Waals surface area contributed by atoms with Crippen LogP contribution in [0.5, 0.6) is 0 Å². The molecular formula is C30H37N5O. The minimum absolute atomic E-state index is 0.0628. The summed E-state index contributed by atoms with van der Waals surface area (Å²) in [6.07, 6.45) is 2.78. The van der Waals surface area contributed by atoms with Crippen LogP contribution >= 0.6 is 0 Å². The summed E-state index contributed by atoms with van der Waals surface area (Å²) in [5.74, 6) is 0.948. The predicted octanol–water partition coefficient (Wildman–Crippen LogP) is 6.24. The number of hydrogen-bond donors (Lipinski definition) is 0. The number of aromatic nitrogens is 4. The van der Waals surface area contributed by atoms with Gasteiger partial charge in [0.25, 0.3) is 5.91 Å². The SMILES string of the molecule is CCc1ccc(-c2cc(C(=O)N3Cc4cnn(C)c4C3)cc3cc(C(C)C)n(CC(C)C)c23)c(C)n1. The van der Waals surface area contributed by atoms with E-state index in [9.17, 15) is 4.79 Å². The van der Waals surface area contributed by atoms with Gasteiger partial charge in [0, 0.05) is 64.9 Å². The van der Waals surface area contributed by atoms with Crippen molar-refractivity contribution >= 4 is 16.8 Å². The van der Waals surface area contributed by atoms with E-state index in [2.05, 4.69) is 81.5 Å². The Labute approximate surface area is 213 Å². The molecule has 0 N–H and O–H groups in total. The smallest absolute Gasteiger partial charge is 0.254 e. The quantitative estimate of drug-likeness (QED) is 0.326. The summed E-state index contributed by atoms with van der Waals surface area (Å²) >= 11 is 0. The molecule has 6 nitrogen and oxygen atoms in total. The van der Waals surface area contributed by atoms with Crippen LogP contribution in [0.4, 0.5) is 0 Å². The molecule has 0 bridgehead atoms. The first-order valence-corrected chi connectivity index (χ1v) is 13.1. The largest absolute Gasteiger partial charge is 0.344 e. The molecule has 188 valence electrons. The van der Waals surface area contributed by atoms with Gasteiger partial charge in [0.05, 0.1) is 24.0 Å². The molecule has 3 aromatic heterocycles. The first-order valence-electron chi connectivity index (χ1n) is 13.1. The first-order chi connectivity index (χ1) is 17.2. The molecule has 1 aromatic carbocycles. The standard InChI is InChI=1S/C30H37N5O/c1-8-24-9-10-25(20(6)32-24)26-12-22(30(36)34-16-23-14-31-33(7)28(23)17-34)11-21-13-27(19(4)5)35(29(21)26)15-18(2)3/h9-14,18-19H,8,15-17H2,1-7H3. The van der Waals surface area contributed by atoms with Crippen molar-refractivity contribution in [2.75, 3.05) is 0 Å². The highest BCUT2D eigenvalue weighted by Gasteiger charge is 2.28. The number of aryl methyl sites for hydroxylation is 3. The average Bonchev–Trinajstić information content (AvgIpc) is 3.52. The van der Waals surface area contributed by atoms with E-state index < -0.39 is 0 Å². The van der Waals surface area contributed by atoms with Crippen molar-refractivity contribution in [2.24, 2.45) is 13.0 Å². The van der Waals surface area contributed by atoms with Crippen molar-refractivity contribution in [3.63, 3.8) is 0 Å². The van der Waals surface area contributed by atoms with Crippen LogP contribution in [0.15, 0.2) is 36.5 Å². The number of fused-ring (bicyclic) bond motifs is 2. The van der Waals surface area contributed by atoms with Gasteiger partial charge in [-0.05, 0) is 49.4 Å². The van der Waals surface area contributed by atoms with Crippen molar-refractivity contribution < 1.29 is 4.79 Å². The molecule has 4 heterocycles. The fourth-order valence-electron chi connectivity index (χ4n) is 5.51. The summed E-state index contributed by atoms with van der Waals surface area (Å²) in [7, 11) is 1.94. The molecule has 6 heteroatoms. The van der Waals surface area contributed by atoms with Crippen molar-refractivity contribution in [2.45, 2.75) is 73.5 Å². The Morgan fingerprint density at radius 3 is 2.47 bits per heavy atom. The normalized spacial score (nSPS) is 13.4. The molecule has 1 aliphatic heterocycles. The van der Waals surface area contributed by atoms with E-state index >= 15 is 0 Å².